The maximum Gasteiger partial charge on any atom is 0.327 e. The standard InChI is InChI=1S/C14H20ClN3O4/c1-6-21-11(19)9(12(20)22-14(2,3)4)10-8(16-5)7-17-13(15)18-10/h7,9,16H,6H2,1-5H3. The Morgan fingerprint density at radius 2 is 2.00 bits per heavy atom. The number of hydrogen-bond acceptors (Lipinski definition) is 7. The Morgan fingerprint density at radius 1 is 1.36 bits per heavy atom. The van der Waals surface area contributed by atoms with Gasteiger partial charge in [-0.1, -0.05) is 0 Å². The summed E-state index contributed by atoms with van der Waals surface area (Å²) in [6, 6.07) is 0. The SMILES string of the molecule is CCOC(=O)C(C(=O)OC(C)(C)C)c1nc(Cl)ncc1NC. The number of carbonyl (C=O) groups is 2. The van der Waals surface area contributed by atoms with Crippen LogP contribution in [-0.4, -0.2) is 41.2 Å². The molecule has 0 aromatic carbocycles. The molecule has 1 heterocycles. The van der Waals surface area contributed by atoms with E-state index in [2.05, 4.69) is 15.3 Å². The van der Waals surface area contributed by atoms with Gasteiger partial charge in [0.05, 0.1) is 24.2 Å². The van der Waals surface area contributed by atoms with E-state index in [1.54, 1.807) is 34.7 Å². The second-order valence-corrected chi connectivity index (χ2v) is 5.74. The fourth-order valence-corrected chi connectivity index (χ4v) is 1.83. The number of esters is 2. The van der Waals surface area contributed by atoms with E-state index in [0.29, 0.717) is 5.69 Å². The first kappa shape index (κ1) is 18.2. The Labute approximate surface area is 134 Å². The van der Waals surface area contributed by atoms with Crippen LogP contribution >= 0.6 is 11.6 Å². The van der Waals surface area contributed by atoms with Gasteiger partial charge >= 0.3 is 11.9 Å². The smallest absolute Gasteiger partial charge is 0.327 e. The molecule has 0 aliphatic rings. The largest absolute Gasteiger partial charge is 0.465 e. The summed E-state index contributed by atoms with van der Waals surface area (Å²) in [5.41, 5.74) is -0.234. The van der Waals surface area contributed by atoms with Gasteiger partial charge in [-0.15, -0.1) is 0 Å². The zero-order valence-electron chi connectivity index (χ0n) is 13.3. The minimum atomic E-state index is -1.33. The van der Waals surface area contributed by atoms with Gasteiger partial charge in [0.2, 0.25) is 5.28 Å². The summed E-state index contributed by atoms with van der Waals surface area (Å²) in [5, 5.41) is 2.74. The van der Waals surface area contributed by atoms with E-state index < -0.39 is 23.5 Å². The molecule has 0 amide bonds. The average Bonchev–Trinajstić information content (AvgIpc) is 2.37. The predicted molar refractivity (Wildman–Crippen MR) is 81.8 cm³/mol. The highest BCUT2D eigenvalue weighted by Gasteiger charge is 2.37. The summed E-state index contributed by atoms with van der Waals surface area (Å²) in [7, 11) is 1.62. The predicted octanol–water partition coefficient (Wildman–Crippen LogP) is 2.16. The van der Waals surface area contributed by atoms with Crippen LogP contribution in [0.25, 0.3) is 0 Å². The van der Waals surface area contributed by atoms with Crippen molar-refractivity contribution in [2.45, 2.75) is 39.2 Å². The third kappa shape index (κ3) is 4.84. The number of halogens is 1. The molecule has 1 aromatic heterocycles. The summed E-state index contributed by atoms with van der Waals surface area (Å²) in [5.74, 6) is -2.83. The third-order valence-electron chi connectivity index (χ3n) is 2.50. The summed E-state index contributed by atoms with van der Waals surface area (Å²) in [6.45, 7) is 6.90. The lowest BCUT2D eigenvalue weighted by atomic mass is 10.0. The van der Waals surface area contributed by atoms with E-state index in [0.717, 1.165) is 0 Å². The van der Waals surface area contributed by atoms with Gasteiger partial charge in [-0.2, -0.15) is 0 Å². The van der Waals surface area contributed by atoms with Crippen molar-refractivity contribution in [2.24, 2.45) is 0 Å². The van der Waals surface area contributed by atoms with Gasteiger partial charge in [0.25, 0.3) is 0 Å². The molecule has 0 bridgehead atoms. The molecule has 0 aliphatic carbocycles. The second-order valence-electron chi connectivity index (χ2n) is 5.41. The molecule has 0 saturated heterocycles. The zero-order chi connectivity index (χ0) is 16.9. The van der Waals surface area contributed by atoms with E-state index in [1.165, 1.54) is 6.20 Å². The zero-order valence-corrected chi connectivity index (χ0v) is 14.0. The number of aromatic nitrogens is 2. The molecule has 1 N–H and O–H groups in total. The summed E-state index contributed by atoms with van der Waals surface area (Å²) in [6.07, 6.45) is 1.39. The maximum atomic E-state index is 12.4. The van der Waals surface area contributed by atoms with Crippen molar-refractivity contribution >= 4 is 29.2 Å². The van der Waals surface area contributed by atoms with Crippen LogP contribution in [0.3, 0.4) is 0 Å². The van der Waals surface area contributed by atoms with Crippen LogP contribution in [0.1, 0.15) is 39.3 Å². The molecule has 1 rings (SSSR count). The van der Waals surface area contributed by atoms with Gasteiger partial charge in [0.15, 0.2) is 5.92 Å². The Hall–Kier alpha value is -1.89. The van der Waals surface area contributed by atoms with E-state index >= 15 is 0 Å². The van der Waals surface area contributed by atoms with Crippen molar-refractivity contribution in [2.75, 3.05) is 19.0 Å². The Bertz CT molecular complexity index is 558. The number of rotatable bonds is 5. The van der Waals surface area contributed by atoms with Crippen molar-refractivity contribution in [1.29, 1.82) is 0 Å². The Morgan fingerprint density at radius 3 is 2.50 bits per heavy atom. The molecule has 122 valence electrons. The normalized spacial score (nSPS) is 12.5. The number of anilines is 1. The minimum Gasteiger partial charge on any atom is -0.465 e. The molecule has 1 unspecified atom stereocenters. The number of ether oxygens (including phenoxy) is 2. The Balaban J connectivity index is 3.29. The molecule has 0 radical (unpaired) electrons. The van der Waals surface area contributed by atoms with Crippen LogP contribution < -0.4 is 5.32 Å². The Kier molecular flexibility index (Phi) is 6.11. The summed E-state index contributed by atoms with van der Waals surface area (Å²) >= 11 is 5.78. The molecule has 0 saturated carbocycles. The van der Waals surface area contributed by atoms with Crippen molar-refractivity contribution in [3.63, 3.8) is 0 Å². The van der Waals surface area contributed by atoms with Crippen LogP contribution in [0.2, 0.25) is 5.28 Å². The first-order chi connectivity index (χ1) is 10.2. The van der Waals surface area contributed by atoms with Crippen LogP contribution in [0, 0.1) is 0 Å². The average molecular weight is 330 g/mol. The van der Waals surface area contributed by atoms with Gasteiger partial charge < -0.3 is 14.8 Å². The van der Waals surface area contributed by atoms with E-state index in [1.807, 2.05) is 0 Å². The molecular formula is C14H20ClN3O4. The van der Waals surface area contributed by atoms with Crippen LogP contribution in [0.5, 0.6) is 0 Å². The van der Waals surface area contributed by atoms with Gasteiger partial charge in [-0.3, -0.25) is 9.59 Å². The van der Waals surface area contributed by atoms with Crippen LogP contribution in [0.4, 0.5) is 5.69 Å². The molecule has 0 spiro atoms. The van der Waals surface area contributed by atoms with Crippen LogP contribution in [-0.2, 0) is 19.1 Å². The second kappa shape index (κ2) is 7.40. The molecule has 22 heavy (non-hydrogen) atoms. The molecule has 1 atom stereocenters. The van der Waals surface area contributed by atoms with E-state index in [-0.39, 0.29) is 17.6 Å². The summed E-state index contributed by atoms with van der Waals surface area (Å²) in [4.78, 5) is 32.4. The lowest BCUT2D eigenvalue weighted by molar-refractivity contribution is -0.164. The van der Waals surface area contributed by atoms with Crippen molar-refractivity contribution in [3.05, 3.63) is 17.2 Å². The fourth-order valence-electron chi connectivity index (χ4n) is 1.69. The van der Waals surface area contributed by atoms with E-state index in [9.17, 15) is 9.59 Å². The van der Waals surface area contributed by atoms with E-state index in [4.69, 9.17) is 21.1 Å². The number of carbonyl (C=O) groups excluding carboxylic acids is 2. The first-order valence-electron chi connectivity index (χ1n) is 6.79. The quantitative estimate of drug-likeness (QED) is 0.503. The highest BCUT2D eigenvalue weighted by Crippen LogP contribution is 2.27. The lowest BCUT2D eigenvalue weighted by Gasteiger charge is -2.23. The topological polar surface area (TPSA) is 90.4 Å². The number of hydrogen-bond donors (Lipinski definition) is 1. The van der Waals surface area contributed by atoms with Crippen molar-refractivity contribution in [1.82, 2.24) is 9.97 Å². The van der Waals surface area contributed by atoms with Crippen molar-refractivity contribution in [3.8, 4) is 0 Å². The molecular weight excluding hydrogens is 310 g/mol. The molecule has 7 nitrogen and oxygen atoms in total. The lowest BCUT2D eigenvalue weighted by Crippen LogP contribution is -2.33. The third-order valence-corrected chi connectivity index (χ3v) is 2.68. The van der Waals surface area contributed by atoms with Gasteiger partial charge in [-0.05, 0) is 39.3 Å². The monoisotopic (exact) mass is 329 g/mol. The fraction of sp³-hybridized carbons (Fsp3) is 0.571. The molecule has 1 aromatic rings. The van der Waals surface area contributed by atoms with Gasteiger partial charge in [0, 0.05) is 7.05 Å². The van der Waals surface area contributed by atoms with Crippen LogP contribution in [0.15, 0.2) is 6.20 Å². The first-order valence-corrected chi connectivity index (χ1v) is 7.17. The van der Waals surface area contributed by atoms with Gasteiger partial charge in [0.1, 0.15) is 5.60 Å². The maximum absolute atomic E-state index is 12.4. The molecule has 8 heteroatoms. The molecule has 0 aliphatic heterocycles. The van der Waals surface area contributed by atoms with Crippen molar-refractivity contribution < 1.29 is 19.1 Å². The highest BCUT2D eigenvalue weighted by molar-refractivity contribution is 6.28. The highest BCUT2D eigenvalue weighted by atomic mass is 35.5. The van der Waals surface area contributed by atoms with Gasteiger partial charge in [-0.25, -0.2) is 9.97 Å². The number of nitrogens with zero attached hydrogens (tertiary/aromatic N) is 2. The molecule has 0 fully saturated rings. The summed E-state index contributed by atoms with van der Waals surface area (Å²) < 4.78 is 10.3. The number of nitrogens with one attached hydrogen (secondary N) is 1. The minimum absolute atomic E-state index is 0.0770.